The molecule has 0 saturated carbocycles. The van der Waals surface area contributed by atoms with Crippen molar-refractivity contribution < 1.29 is 14.3 Å². The molecule has 0 spiro atoms. The third-order valence-electron chi connectivity index (χ3n) is 3.24. The maximum Gasteiger partial charge on any atom is 0.261 e. The fraction of sp³-hybridized carbons (Fsp3) is 0.200. The van der Waals surface area contributed by atoms with Gasteiger partial charge >= 0.3 is 0 Å². The molecule has 1 aromatic carbocycles. The van der Waals surface area contributed by atoms with Gasteiger partial charge in [-0.25, -0.2) is 0 Å². The van der Waals surface area contributed by atoms with Crippen LogP contribution in [0.5, 0.6) is 0 Å². The second kappa shape index (κ2) is 4.39. The zero-order valence-corrected chi connectivity index (χ0v) is 10.5. The summed E-state index contributed by atoms with van der Waals surface area (Å²) < 4.78 is 5.61. The van der Waals surface area contributed by atoms with E-state index in [-0.39, 0.29) is 24.3 Å². The van der Waals surface area contributed by atoms with Gasteiger partial charge in [0.25, 0.3) is 5.91 Å². The molecule has 4 nitrogen and oxygen atoms in total. The molecular weight excluding hydrogens is 242 g/mol. The molecule has 1 unspecified atom stereocenters. The third-order valence-corrected chi connectivity index (χ3v) is 3.24. The number of carbonyl (C=O) groups excluding carboxylic acids is 2. The van der Waals surface area contributed by atoms with Gasteiger partial charge in [0, 0.05) is 5.56 Å². The van der Waals surface area contributed by atoms with E-state index in [4.69, 9.17) is 4.74 Å². The van der Waals surface area contributed by atoms with Crippen LogP contribution in [0.3, 0.4) is 0 Å². The second-order valence-electron chi connectivity index (χ2n) is 4.55. The van der Waals surface area contributed by atoms with Gasteiger partial charge in [-0.2, -0.15) is 0 Å². The molecule has 0 saturated heterocycles. The standard InChI is InChI=1S/C15H13NO3/c1-10-16(15(18)11-5-3-2-4-6-11)13-9-12(17)7-8-14(13)19-10/h2-8,10H,9H2,1H3. The number of carbonyl (C=O) groups is 2. The molecule has 1 aliphatic heterocycles. The summed E-state index contributed by atoms with van der Waals surface area (Å²) in [6.45, 7) is 1.80. The zero-order valence-electron chi connectivity index (χ0n) is 10.5. The molecule has 1 aromatic rings. The van der Waals surface area contributed by atoms with Crippen molar-refractivity contribution in [2.75, 3.05) is 0 Å². The number of amides is 1. The highest BCUT2D eigenvalue weighted by atomic mass is 16.5. The Kier molecular flexibility index (Phi) is 2.71. The predicted octanol–water partition coefficient (Wildman–Crippen LogP) is 2.25. The fourth-order valence-corrected chi connectivity index (χ4v) is 2.35. The summed E-state index contributed by atoms with van der Waals surface area (Å²) in [7, 11) is 0. The molecule has 19 heavy (non-hydrogen) atoms. The molecule has 0 N–H and O–H groups in total. The minimum Gasteiger partial charge on any atom is -0.469 e. The monoisotopic (exact) mass is 255 g/mol. The Labute approximate surface area is 111 Å². The van der Waals surface area contributed by atoms with Gasteiger partial charge in [0.1, 0.15) is 5.76 Å². The lowest BCUT2D eigenvalue weighted by Gasteiger charge is -2.22. The molecule has 4 heteroatoms. The second-order valence-corrected chi connectivity index (χ2v) is 4.55. The van der Waals surface area contributed by atoms with Crippen LogP contribution in [-0.4, -0.2) is 22.8 Å². The number of ketones is 1. The molecule has 1 aliphatic carbocycles. The highest BCUT2D eigenvalue weighted by Gasteiger charge is 2.36. The first-order valence-electron chi connectivity index (χ1n) is 6.16. The first-order valence-corrected chi connectivity index (χ1v) is 6.16. The van der Waals surface area contributed by atoms with Gasteiger partial charge in [0.15, 0.2) is 12.0 Å². The molecule has 1 amide bonds. The Morgan fingerprint density at radius 2 is 2.00 bits per heavy atom. The van der Waals surface area contributed by atoms with Gasteiger partial charge in [-0.1, -0.05) is 18.2 Å². The summed E-state index contributed by atoms with van der Waals surface area (Å²) in [6.07, 6.45) is 2.96. The van der Waals surface area contributed by atoms with E-state index in [0.29, 0.717) is 17.0 Å². The lowest BCUT2D eigenvalue weighted by molar-refractivity contribution is -0.114. The van der Waals surface area contributed by atoms with Gasteiger partial charge in [0.2, 0.25) is 0 Å². The van der Waals surface area contributed by atoms with E-state index in [9.17, 15) is 9.59 Å². The van der Waals surface area contributed by atoms with Crippen molar-refractivity contribution in [1.82, 2.24) is 4.90 Å². The topological polar surface area (TPSA) is 46.6 Å². The highest BCUT2D eigenvalue weighted by molar-refractivity contribution is 5.99. The summed E-state index contributed by atoms with van der Waals surface area (Å²) in [6, 6.07) is 9.01. The summed E-state index contributed by atoms with van der Waals surface area (Å²) in [5, 5.41) is 0. The first kappa shape index (κ1) is 11.7. The van der Waals surface area contributed by atoms with Crippen LogP contribution >= 0.6 is 0 Å². The average Bonchev–Trinajstić information content (AvgIpc) is 2.74. The zero-order chi connectivity index (χ0) is 13.4. The molecule has 1 atom stereocenters. The Hall–Kier alpha value is -2.36. The lowest BCUT2D eigenvalue weighted by atomic mass is 10.1. The van der Waals surface area contributed by atoms with Gasteiger partial charge in [-0.15, -0.1) is 0 Å². The van der Waals surface area contributed by atoms with Crippen molar-refractivity contribution in [2.24, 2.45) is 0 Å². The number of hydrogen-bond acceptors (Lipinski definition) is 3. The molecule has 2 aliphatic rings. The summed E-state index contributed by atoms with van der Waals surface area (Å²) in [5.41, 5.74) is 1.25. The highest BCUT2D eigenvalue weighted by Crippen LogP contribution is 2.33. The SMILES string of the molecule is CC1OC2=C(CC(=O)C=C2)N1C(=O)c1ccccc1. The summed E-state index contributed by atoms with van der Waals surface area (Å²) in [5.74, 6) is 0.472. The average molecular weight is 255 g/mol. The van der Waals surface area contributed by atoms with E-state index in [1.54, 1.807) is 30.0 Å². The van der Waals surface area contributed by atoms with Crippen LogP contribution < -0.4 is 0 Å². The van der Waals surface area contributed by atoms with Gasteiger partial charge in [-0.05, 0) is 31.2 Å². The molecule has 3 rings (SSSR count). The largest absolute Gasteiger partial charge is 0.469 e. The normalized spacial score (nSPS) is 21.4. The van der Waals surface area contributed by atoms with Crippen molar-refractivity contribution in [3.05, 3.63) is 59.5 Å². The minimum atomic E-state index is -0.381. The number of hydrogen-bond donors (Lipinski definition) is 0. The Balaban J connectivity index is 1.96. The molecule has 1 heterocycles. The van der Waals surface area contributed by atoms with Crippen molar-refractivity contribution in [3.63, 3.8) is 0 Å². The number of nitrogens with zero attached hydrogens (tertiary/aromatic N) is 1. The Morgan fingerprint density at radius 3 is 2.74 bits per heavy atom. The van der Waals surface area contributed by atoms with Crippen LogP contribution in [0, 0.1) is 0 Å². The number of allylic oxidation sites excluding steroid dienone is 3. The lowest BCUT2D eigenvalue weighted by Crippen LogP contribution is -2.35. The van der Waals surface area contributed by atoms with Gasteiger partial charge in [0.05, 0.1) is 12.1 Å². The Morgan fingerprint density at radius 1 is 1.26 bits per heavy atom. The van der Waals surface area contributed by atoms with Crippen molar-refractivity contribution in [3.8, 4) is 0 Å². The van der Waals surface area contributed by atoms with E-state index >= 15 is 0 Å². The van der Waals surface area contributed by atoms with Crippen LogP contribution in [0.1, 0.15) is 23.7 Å². The van der Waals surface area contributed by atoms with E-state index in [1.165, 1.54) is 6.08 Å². The molecule has 0 bridgehead atoms. The molecular formula is C15H13NO3. The maximum atomic E-state index is 12.5. The van der Waals surface area contributed by atoms with Crippen LogP contribution in [0.25, 0.3) is 0 Å². The maximum absolute atomic E-state index is 12.5. The van der Waals surface area contributed by atoms with Crippen LogP contribution in [0.4, 0.5) is 0 Å². The predicted molar refractivity (Wildman–Crippen MR) is 68.9 cm³/mol. The molecule has 0 fully saturated rings. The van der Waals surface area contributed by atoms with E-state index in [0.717, 1.165) is 0 Å². The first-order chi connectivity index (χ1) is 9.16. The quantitative estimate of drug-likeness (QED) is 0.773. The number of ether oxygens (including phenoxy) is 1. The molecule has 96 valence electrons. The van der Waals surface area contributed by atoms with Gasteiger partial charge in [-0.3, -0.25) is 14.5 Å². The Bertz CT molecular complexity index is 601. The smallest absolute Gasteiger partial charge is 0.261 e. The van der Waals surface area contributed by atoms with Crippen LogP contribution in [0.2, 0.25) is 0 Å². The summed E-state index contributed by atoms with van der Waals surface area (Å²) >= 11 is 0. The van der Waals surface area contributed by atoms with Crippen LogP contribution in [-0.2, 0) is 9.53 Å². The minimum absolute atomic E-state index is 0.0117. The fourth-order valence-electron chi connectivity index (χ4n) is 2.35. The van der Waals surface area contributed by atoms with Crippen molar-refractivity contribution in [2.45, 2.75) is 19.6 Å². The number of benzene rings is 1. The molecule has 0 aromatic heterocycles. The summed E-state index contributed by atoms with van der Waals surface area (Å²) in [4.78, 5) is 25.6. The van der Waals surface area contributed by atoms with Crippen molar-refractivity contribution in [1.29, 1.82) is 0 Å². The van der Waals surface area contributed by atoms with E-state index in [1.807, 2.05) is 18.2 Å². The van der Waals surface area contributed by atoms with Crippen molar-refractivity contribution >= 4 is 11.7 Å². The van der Waals surface area contributed by atoms with E-state index < -0.39 is 0 Å². The van der Waals surface area contributed by atoms with E-state index in [2.05, 4.69) is 0 Å². The van der Waals surface area contributed by atoms with Gasteiger partial charge < -0.3 is 4.74 Å². The molecule has 0 radical (unpaired) electrons. The number of rotatable bonds is 1. The third kappa shape index (κ3) is 1.95. The van der Waals surface area contributed by atoms with Crippen LogP contribution in [0.15, 0.2) is 53.9 Å².